The maximum absolute atomic E-state index is 11.8. The van der Waals surface area contributed by atoms with Gasteiger partial charge < -0.3 is 9.47 Å². The molecule has 2 amide bonds. The molecule has 2 aromatic rings. The lowest BCUT2D eigenvalue weighted by Crippen LogP contribution is -2.41. The summed E-state index contributed by atoms with van der Waals surface area (Å²) in [5.41, 5.74) is 5.39. The maximum atomic E-state index is 11.8. The Hall–Kier alpha value is -3.86. The summed E-state index contributed by atoms with van der Waals surface area (Å²) >= 11 is 0. The zero-order chi connectivity index (χ0) is 18.8. The molecule has 26 heavy (non-hydrogen) atoms. The van der Waals surface area contributed by atoms with Gasteiger partial charge in [-0.25, -0.2) is 0 Å². The molecule has 0 saturated carbocycles. The number of nitrogens with zero attached hydrogens (tertiary/aromatic N) is 2. The van der Waals surface area contributed by atoms with Gasteiger partial charge in [0.05, 0.1) is 7.11 Å². The number of carbonyl (C=O) groups excluding carboxylic acids is 2. The van der Waals surface area contributed by atoms with Gasteiger partial charge in [-0.3, -0.25) is 25.4 Å². The van der Waals surface area contributed by atoms with E-state index >= 15 is 0 Å². The largest absolute Gasteiger partial charge is 0.493 e. The number of amides is 2. The van der Waals surface area contributed by atoms with Gasteiger partial charge in [0, 0.05) is 12.3 Å². The van der Waals surface area contributed by atoms with Crippen LogP contribution in [0.2, 0.25) is 0 Å². The molecule has 8 nitrogen and oxygen atoms in total. The summed E-state index contributed by atoms with van der Waals surface area (Å²) in [7, 11) is 1.47. The van der Waals surface area contributed by atoms with Crippen molar-refractivity contribution in [2.75, 3.05) is 13.7 Å². The summed E-state index contributed by atoms with van der Waals surface area (Å²) in [4.78, 5) is 27.4. The summed E-state index contributed by atoms with van der Waals surface area (Å²) in [6, 6.07) is 11.7. The second kappa shape index (κ2) is 9.44. The number of rotatable bonds is 6. The molecule has 0 bridgehead atoms. The van der Waals surface area contributed by atoms with Gasteiger partial charge in [0.25, 0.3) is 11.8 Å². The molecule has 0 radical (unpaired) electrons. The number of carbonyl (C=O) groups is 2. The van der Waals surface area contributed by atoms with Crippen molar-refractivity contribution in [3.63, 3.8) is 0 Å². The van der Waals surface area contributed by atoms with E-state index in [1.807, 2.05) is 6.07 Å². The van der Waals surface area contributed by atoms with Gasteiger partial charge in [-0.2, -0.15) is 5.26 Å². The highest BCUT2D eigenvalue weighted by molar-refractivity contribution is 5.96. The monoisotopic (exact) mass is 352 g/mol. The highest BCUT2D eigenvalue weighted by Gasteiger charge is 2.07. The third kappa shape index (κ3) is 5.35. The number of nitriles is 1. The Morgan fingerprint density at radius 2 is 2.08 bits per heavy atom. The number of hydrogen-bond acceptors (Lipinski definition) is 6. The van der Waals surface area contributed by atoms with Crippen LogP contribution in [-0.4, -0.2) is 30.5 Å². The number of pyridine rings is 1. The van der Waals surface area contributed by atoms with Crippen molar-refractivity contribution in [3.05, 3.63) is 59.9 Å². The Labute approximate surface area is 150 Å². The molecule has 0 saturated heterocycles. The first-order valence-electron chi connectivity index (χ1n) is 7.51. The lowest BCUT2D eigenvalue weighted by Gasteiger charge is -2.08. The van der Waals surface area contributed by atoms with Crippen molar-refractivity contribution >= 4 is 17.9 Å². The van der Waals surface area contributed by atoms with Gasteiger partial charge in [-0.05, 0) is 35.9 Å². The molecule has 1 aromatic carbocycles. The standard InChI is InChI=1S/C18H16N4O4/c1-25-16-12-13(5-7-15(16)26-11-9-19)6-8-17(23)21-22-18(24)14-4-2-3-10-20-14/h2-8,10,12H,11H2,1H3,(H,21,23)(H,22,24)/b8-6+. The molecule has 0 unspecified atom stereocenters. The topological polar surface area (TPSA) is 113 Å². The number of ether oxygens (including phenoxy) is 2. The van der Waals surface area contributed by atoms with Gasteiger partial charge in [-0.15, -0.1) is 0 Å². The second-order valence-corrected chi connectivity index (χ2v) is 4.85. The molecule has 132 valence electrons. The lowest BCUT2D eigenvalue weighted by atomic mass is 10.2. The van der Waals surface area contributed by atoms with Crippen LogP contribution in [0.4, 0.5) is 0 Å². The van der Waals surface area contributed by atoms with Crippen LogP contribution in [0.15, 0.2) is 48.7 Å². The van der Waals surface area contributed by atoms with Crippen LogP contribution < -0.4 is 20.3 Å². The van der Waals surface area contributed by atoms with Crippen LogP contribution in [0.25, 0.3) is 6.08 Å². The van der Waals surface area contributed by atoms with Crippen LogP contribution >= 0.6 is 0 Å². The fourth-order valence-corrected chi connectivity index (χ4v) is 1.91. The van der Waals surface area contributed by atoms with Crippen molar-refractivity contribution in [1.82, 2.24) is 15.8 Å². The van der Waals surface area contributed by atoms with Crippen molar-refractivity contribution in [1.29, 1.82) is 5.26 Å². The molecule has 1 heterocycles. The number of hydrazine groups is 1. The van der Waals surface area contributed by atoms with E-state index in [9.17, 15) is 9.59 Å². The quantitative estimate of drug-likeness (QED) is 0.601. The number of hydrogen-bond donors (Lipinski definition) is 2. The first kappa shape index (κ1) is 18.5. The molecule has 1 aromatic heterocycles. The normalized spacial score (nSPS) is 10.0. The molecule has 2 N–H and O–H groups in total. The Bertz CT molecular complexity index is 844. The van der Waals surface area contributed by atoms with Crippen LogP contribution in [0.5, 0.6) is 11.5 Å². The first-order chi connectivity index (χ1) is 12.6. The van der Waals surface area contributed by atoms with E-state index in [1.165, 1.54) is 25.4 Å². The molecule has 0 spiro atoms. The van der Waals surface area contributed by atoms with E-state index < -0.39 is 11.8 Å². The smallest absolute Gasteiger partial charge is 0.288 e. The molecular weight excluding hydrogens is 336 g/mol. The molecule has 0 aliphatic rings. The number of benzene rings is 1. The predicted octanol–water partition coefficient (Wildman–Crippen LogP) is 1.47. The SMILES string of the molecule is COc1cc(/C=C/C(=O)NNC(=O)c2ccccn2)ccc1OCC#N. The average molecular weight is 352 g/mol. The second-order valence-electron chi connectivity index (χ2n) is 4.85. The summed E-state index contributed by atoms with van der Waals surface area (Å²) < 4.78 is 10.4. The third-order valence-electron chi connectivity index (χ3n) is 3.10. The van der Waals surface area contributed by atoms with Crippen molar-refractivity contribution < 1.29 is 19.1 Å². The minimum absolute atomic E-state index is 0.0933. The van der Waals surface area contributed by atoms with E-state index in [-0.39, 0.29) is 12.3 Å². The van der Waals surface area contributed by atoms with Crippen molar-refractivity contribution in [2.24, 2.45) is 0 Å². The maximum Gasteiger partial charge on any atom is 0.288 e. The molecule has 0 aliphatic heterocycles. The summed E-state index contributed by atoms with van der Waals surface area (Å²) in [6.45, 7) is -0.0933. The van der Waals surface area contributed by atoms with E-state index in [1.54, 1.807) is 36.4 Å². The molecule has 0 fully saturated rings. The molecule has 0 aliphatic carbocycles. The van der Waals surface area contributed by atoms with Crippen molar-refractivity contribution in [3.8, 4) is 17.6 Å². The Balaban J connectivity index is 1.93. The molecule has 8 heteroatoms. The molecular formula is C18H16N4O4. The minimum atomic E-state index is -0.520. The van der Waals surface area contributed by atoms with Gasteiger partial charge in [0.2, 0.25) is 0 Å². The van der Waals surface area contributed by atoms with Crippen LogP contribution in [0, 0.1) is 11.3 Å². The minimum Gasteiger partial charge on any atom is -0.493 e. The van der Waals surface area contributed by atoms with Crippen LogP contribution in [0.1, 0.15) is 16.1 Å². The highest BCUT2D eigenvalue weighted by atomic mass is 16.5. The van der Waals surface area contributed by atoms with Crippen molar-refractivity contribution in [2.45, 2.75) is 0 Å². The fourth-order valence-electron chi connectivity index (χ4n) is 1.91. The van der Waals surface area contributed by atoms with E-state index in [0.29, 0.717) is 17.1 Å². The lowest BCUT2D eigenvalue weighted by molar-refractivity contribution is -0.117. The van der Waals surface area contributed by atoms with Crippen LogP contribution in [-0.2, 0) is 4.79 Å². The van der Waals surface area contributed by atoms with Gasteiger partial charge in [0.1, 0.15) is 11.8 Å². The number of nitrogens with one attached hydrogen (secondary N) is 2. The third-order valence-corrected chi connectivity index (χ3v) is 3.10. The van der Waals surface area contributed by atoms with E-state index in [0.717, 1.165) is 0 Å². The van der Waals surface area contributed by atoms with Crippen LogP contribution in [0.3, 0.4) is 0 Å². The number of methoxy groups -OCH3 is 1. The first-order valence-corrected chi connectivity index (χ1v) is 7.51. The Morgan fingerprint density at radius 3 is 2.77 bits per heavy atom. The Morgan fingerprint density at radius 1 is 1.23 bits per heavy atom. The summed E-state index contributed by atoms with van der Waals surface area (Å²) in [5, 5.41) is 8.55. The fraction of sp³-hybridized carbons (Fsp3) is 0.111. The average Bonchev–Trinajstić information content (AvgIpc) is 2.69. The molecule has 2 rings (SSSR count). The molecule has 0 atom stereocenters. The van der Waals surface area contributed by atoms with Gasteiger partial charge in [-0.1, -0.05) is 12.1 Å². The summed E-state index contributed by atoms with van der Waals surface area (Å²) in [5.74, 6) is -0.171. The van der Waals surface area contributed by atoms with Gasteiger partial charge >= 0.3 is 0 Å². The number of aromatic nitrogens is 1. The highest BCUT2D eigenvalue weighted by Crippen LogP contribution is 2.28. The summed E-state index contributed by atoms with van der Waals surface area (Å²) in [6.07, 6.45) is 4.27. The zero-order valence-electron chi connectivity index (χ0n) is 13.9. The van der Waals surface area contributed by atoms with E-state index in [4.69, 9.17) is 14.7 Å². The Kier molecular flexibility index (Phi) is 6.71. The van der Waals surface area contributed by atoms with E-state index in [2.05, 4.69) is 15.8 Å². The predicted molar refractivity (Wildman–Crippen MR) is 93.0 cm³/mol. The zero-order valence-corrected chi connectivity index (χ0v) is 13.9. The van der Waals surface area contributed by atoms with Gasteiger partial charge in [0.15, 0.2) is 18.1 Å².